The van der Waals surface area contributed by atoms with Gasteiger partial charge in [0.15, 0.2) is 0 Å². The van der Waals surface area contributed by atoms with Crippen LogP contribution in [-0.2, 0) is 0 Å². The topological polar surface area (TPSA) is 45.8 Å². The molecule has 6 heteroatoms. The Morgan fingerprint density at radius 2 is 2.21 bits per heavy atom. The number of nitrogens with zero attached hydrogens (tertiary/aromatic N) is 1. The Labute approximate surface area is 91.1 Å². The van der Waals surface area contributed by atoms with Crippen LogP contribution in [0.2, 0.25) is 5.28 Å². The zero-order chi connectivity index (χ0) is 10.3. The maximum absolute atomic E-state index is 13.1. The van der Waals surface area contributed by atoms with E-state index in [1.807, 2.05) is 0 Å². The molecule has 0 bridgehead atoms. The van der Waals surface area contributed by atoms with Gasteiger partial charge in [0, 0.05) is 0 Å². The highest BCUT2D eigenvalue weighted by molar-refractivity contribution is 9.10. The molecule has 2 aromatic rings. The summed E-state index contributed by atoms with van der Waals surface area (Å²) in [5.74, 6) is -0.507. The number of benzene rings is 1. The molecule has 0 atom stereocenters. The Bertz CT molecular complexity index is 569. The van der Waals surface area contributed by atoms with Gasteiger partial charge in [-0.3, -0.25) is 9.78 Å². The Balaban J connectivity index is 2.96. The quantitative estimate of drug-likeness (QED) is 0.752. The van der Waals surface area contributed by atoms with Crippen molar-refractivity contribution in [2.24, 2.45) is 0 Å². The summed E-state index contributed by atoms with van der Waals surface area (Å²) < 4.78 is 13.3. The molecule has 1 heterocycles. The average Bonchev–Trinajstić information content (AvgIpc) is 2.08. The van der Waals surface area contributed by atoms with E-state index in [0.29, 0.717) is 5.52 Å². The van der Waals surface area contributed by atoms with Crippen molar-refractivity contribution in [3.05, 3.63) is 38.1 Å². The molecule has 0 amide bonds. The molecule has 0 spiro atoms. The fraction of sp³-hybridized carbons (Fsp3) is 0. The summed E-state index contributed by atoms with van der Waals surface area (Å²) in [6, 6.07) is 2.52. The lowest BCUT2D eigenvalue weighted by Crippen LogP contribution is -2.08. The van der Waals surface area contributed by atoms with Gasteiger partial charge in [-0.1, -0.05) is 0 Å². The Morgan fingerprint density at radius 1 is 1.50 bits per heavy atom. The molecule has 0 aliphatic carbocycles. The molecule has 1 N–H and O–H groups in total. The predicted octanol–water partition coefficient (Wildman–Crippen LogP) is 2.48. The minimum Gasteiger partial charge on any atom is -0.297 e. The van der Waals surface area contributed by atoms with Crippen LogP contribution in [0.4, 0.5) is 4.39 Å². The van der Waals surface area contributed by atoms with E-state index in [2.05, 4.69) is 25.9 Å². The van der Waals surface area contributed by atoms with Gasteiger partial charge in [-0.15, -0.1) is 0 Å². The number of nitrogens with one attached hydrogen (secondary N) is 1. The molecule has 0 aliphatic rings. The number of hydrogen-bond donors (Lipinski definition) is 1. The second-order valence-electron chi connectivity index (χ2n) is 2.64. The van der Waals surface area contributed by atoms with Crippen LogP contribution < -0.4 is 5.56 Å². The minimum atomic E-state index is -0.507. The first-order valence-electron chi connectivity index (χ1n) is 3.62. The molecule has 0 unspecified atom stereocenters. The molecular weight excluding hydrogens is 274 g/mol. The number of H-pyrrole nitrogens is 1. The van der Waals surface area contributed by atoms with Crippen molar-refractivity contribution in [3.63, 3.8) is 0 Å². The molecule has 2 rings (SSSR count). The number of rotatable bonds is 0. The number of aromatic amines is 1. The smallest absolute Gasteiger partial charge is 0.259 e. The first-order chi connectivity index (χ1) is 6.58. The second kappa shape index (κ2) is 3.33. The molecule has 0 saturated heterocycles. The summed E-state index contributed by atoms with van der Waals surface area (Å²) in [7, 11) is 0. The molecule has 3 nitrogen and oxygen atoms in total. The van der Waals surface area contributed by atoms with Crippen LogP contribution in [0.3, 0.4) is 0 Å². The van der Waals surface area contributed by atoms with Crippen LogP contribution in [0, 0.1) is 5.82 Å². The lowest BCUT2D eigenvalue weighted by Gasteiger charge is -1.99. The van der Waals surface area contributed by atoms with Gasteiger partial charge in [0.05, 0.1) is 15.4 Å². The van der Waals surface area contributed by atoms with E-state index >= 15 is 0 Å². The van der Waals surface area contributed by atoms with Crippen LogP contribution in [0.15, 0.2) is 21.4 Å². The van der Waals surface area contributed by atoms with E-state index in [-0.39, 0.29) is 15.1 Å². The van der Waals surface area contributed by atoms with Crippen molar-refractivity contribution in [1.29, 1.82) is 0 Å². The van der Waals surface area contributed by atoms with Gasteiger partial charge in [-0.2, -0.15) is 0 Å². The zero-order valence-corrected chi connectivity index (χ0v) is 8.99. The summed E-state index contributed by atoms with van der Waals surface area (Å²) in [6.45, 7) is 0. The van der Waals surface area contributed by atoms with Gasteiger partial charge < -0.3 is 0 Å². The normalized spacial score (nSPS) is 10.8. The number of fused-ring (bicyclic) bond motifs is 1. The average molecular weight is 277 g/mol. The van der Waals surface area contributed by atoms with Crippen LogP contribution in [0.5, 0.6) is 0 Å². The largest absolute Gasteiger partial charge is 0.297 e. The first kappa shape index (κ1) is 9.61. The third-order valence-corrected chi connectivity index (χ3v) is 2.51. The SMILES string of the molecule is O=c1[nH]c(Cl)nc2cc(Br)c(F)cc12. The van der Waals surface area contributed by atoms with Crippen molar-refractivity contribution in [2.75, 3.05) is 0 Å². The molecule has 72 valence electrons. The summed E-state index contributed by atoms with van der Waals surface area (Å²) in [6.07, 6.45) is 0. The molecular formula is C8H3BrClFN2O. The van der Waals surface area contributed by atoms with E-state index in [1.54, 1.807) is 0 Å². The number of halogens is 3. The molecule has 0 fully saturated rings. The van der Waals surface area contributed by atoms with Crippen LogP contribution in [0.25, 0.3) is 10.9 Å². The molecule has 0 radical (unpaired) electrons. The van der Waals surface area contributed by atoms with Crippen LogP contribution in [0.1, 0.15) is 0 Å². The van der Waals surface area contributed by atoms with E-state index < -0.39 is 11.4 Å². The predicted molar refractivity (Wildman–Crippen MR) is 55.0 cm³/mol. The summed E-state index contributed by atoms with van der Waals surface area (Å²) in [5, 5.41) is 0.163. The monoisotopic (exact) mass is 276 g/mol. The van der Waals surface area contributed by atoms with Crippen molar-refractivity contribution >= 4 is 38.4 Å². The Hall–Kier alpha value is -0.940. The third kappa shape index (κ3) is 1.53. The van der Waals surface area contributed by atoms with Gasteiger partial charge >= 0.3 is 0 Å². The maximum atomic E-state index is 13.1. The molecule has 1 aromatic heterocycles. The lowest BCUT2D eigenvalue weighted by molar-refractivity contribution is 0.623. The fourth-order valence-corrected chi connectivity index (χ4v) is 1.61. The fourth-order valence-electron chi connectivity index (χ4n) is 1.11. The highest BCUT2D eigenvalue weighted by Gasteiger charge is 2.06. The third-order valence-electron chi connectivity index (χ3n) is 1.72. The van der Waals surface area contributed by atoms with E-state index in [9.17, 15) is 9.18 Å². The highest BCUT2D eigenvalue weighted by Crippen LogP contribution is 2.20. The van der Waals surface area contributed by atoms with Gasteiger partial charge in [0.1, 0.15) is 5.82 Å². The van der Waals surface area contributed by atoms with Crippen molar-refractivity contribution in [1.82, 2.24) is 9.97 Å². The minimum absolute atomic E-state index is 0.0130. The molecule has 1 aromatic carbocycles. The van der Waals surface area contributed by atoms with Crippen LogP contribution >= 0.6 is 27.5 Å². The van der Waals surface area contributed by atoms with Crippen LogP contribution in [-0.4, -0.2) is 9.97 Å². The van der Waals surface area contributed by atoms with Crippen molar-refractivity contribution in [3.8, 4) is 0 Å². The van der Waals surface area contributed by atoms with Crippen molar-refractivity contribution in [2.45, 2.75) is 0 Å². The molecule has 0 saturated carbocycles. The van der Waals surface area contributed by atoms with Gasteiger partial charge in [-0.05, 0) is 39.7 Å². The van der Waals surface area contributed by atoms with E-state index in [0.717, 1.165) is 6.07 Å². The van der Waals surface area contributed by atoms with E-state index in [1.165, 1.54) is 6.07 Å². The standard InChI is InChI=1S/C8H3BrClFN2O/c9-4-2-6-3(1-5(4)11)7(14)13-8(10)12-6/h1-2H,(H,12,13,14). The molecule has 14 heavy (non-hydrogen) atoms. The van der Waals surface area contributed by atoms with E-state index in [4.69, 9.17) is 11.6 Å². The second-order valence-corrected chi connectivity index (χ2v) is 3.85. The summed E-state index contributed by atoms with van der Waals surface area (Å²) >= 11 is 8.54. The number of aromatic nitrogens is 2. The number of hydrogen-bond acceptors (Lipinski definition) is 2. The Kier molecular flexibility index (Phi) is 2.28. The summed E-state index contributed by atoms with van der Waals surface area (Å²) in [4.78, 5) is 17.4. The highest BCUT2D eigenvalue weighted by atomic mass is 79.9. The zero-order valence-electron chi connectivity index (χ0n) is 6.64. The maximum Gasteiger partial charge on any atom is 0.259 e. The van der Waals surface area contributed by atoms with Gasteiger partial charge in [0.2, 0.25) is 5.28 Å². The van der Waals surface area contributed by atoms with Gasteiger partial charge in [-0.25, -0.2) is 9.37 Å². The van der Waals surface area contributed by atoms with Crippen molar-refractivity contribution < 1.29 is 4.39 Å². The lowest BCUT2D eigenvalue weighted by atomic mass is 10.2. The van der Waals surface area contributed by atoms with Gasteiger partial charge in [0.25, 0.3) is 5.56 Å². The Morgan fingerprint density at radius 3 is 2.93 bits per heavy atom. The molecule has 0 aliphatic heterocycles. The first-order valence-corrected chi connectivity index (χ1v) is 4.79. The summed E-state index contributed by atoms with van der Waals surface area (Å²) in [5.41, 5.74) is -0.0987.